The van der Waals surface area contributed by atoms with Gasteiger partial charge in [0.1, 0.15) is 6.07 Å². The van der Waals surface area contributed by atoms with Crippen molar-refractivity contribution in [3.63, 3.8) is 0 Å². The second-order valence-corrected chi connectivity index (χ2v) is 6.44. The standard InChI is InChI=1S/C14H6BrCl2N3S/c15-8-2-1-7(6-18)12(3-8)20-13-5-10(17)9(16)4-11(13)19-14(20)21/h1-5H,(H,19,21). The Kier molecular flexibility index (Phi) is 3.80. The number of nitrogens with one attached hydrogen (secondary N) is 1. The van der Waals surface area contributed by atoms with Gasteiger partial charge in [0.15, 0.2) is 4.77 Å². The van der Waals surface area contributed by atoms with Crippen LogP contribution in [-0.2, 0) is 0 Å². The van der Waals surface area contributed by atoms with Crippen LogP contribution < -0.4 is 0 Å². The fourth-order valence-electron chi connectivity index (χ4n) is 2.13. The van der Waals surface area contributed by atoms with Gasteiger partial charge in [0.05, 0.1) is 32.3 Å². The van der Waals surface area contributed by atoms with E-state index in [-0.39, 0.29) is 0 Å². The molecule has 21 heavy (non-hydrogen) atoms. The van der Waals surface area contributed by atoms with E-state index in [9.17, 15) is 5.26 Å². The molecule has 0 aliphatic carbocycles. The highest BCUT2D eigenvalue weighted by molar-refractivity contribution is 9.10. The fraction of sp³-hybridized carbons (Fsp3) is 0. The minimum atomic E-state index is 0.431. The number of hydrogen-bond donors (Lipinski definition) is 1. The number of aromatic amines is 1. The van der Waals surface area contributed by atoms with Crippen LogP contribution in [0.1, 0.15) is 5.56 Å². The Hall–Kier alpha value is -1.32. The van der Waals surface area contributed by atoms with E-state index in [2.05, 4.69) is 27.0 Å². The van der Waals surface area contributed by atoms with Crippen molar-refractivity contribution in [2.24, 2.45) is 0 Å². The summed E-state index contributed by atoms with van der Waals surface area (Å²) < 4.78 is 3.10. The molecule has 0 atom stereocenters. The molecule has 0 radical (unpaired) electrons. The Morgan fingerprint density at radius 1 is 1.19 bits per heavy atom. The maximum absolute atomic E-state index is 9.30. The Bertz CT molecular complexity index is 969. The normalized spacial score (nSPS) is 10.8. The SMILES string of the molecule is N#Cc1ccc(Br)cc1-n1c(=S)[nH]c2cc(Cl)c(Cl)cc21. The third kappa shape index (κ3) is 2.49. The van der Waals surface area contributed by atoms with Crippen molar-refractivity contribution in [1.29, 1.82) is 5.26 Å². The van der Waals surface area contributed by atoms with E-state index in [1.807, 2.05) is 12.1 Å². The number of hydrogen-bond acceptors (Lipinski definition) is 2. The zero-order chi connectivity index (χ0) is 15.1. The van der Waals surface area contributed by atoms with E-state index in [4.69, 9.17) is 35.4 Å². The molecule has 1 heterocycles. The largest absolute Gasteiger partial charge is 0.330 e. The van der Waals surface area contributed by atoms with Crippen molar-refractivity contribution in [1.82, 2.24) is 9.55 Å². The third-order valence-corrected chi connectivity index (χ3v) is 4.55. The summed E-state index contributed by atoms with van der Waals surface area (Å²) in [7, 11) is 0. The van der Waals surface area contributed by atoms with Crippen molar-refractivity contribution >= 4 is 62.4 Å². The number of fused-ring (bicyclic) bond motifs is 1. The monoisotopic (exact) mass is 397 g/mol. The molecule has 0 fully saturated rings. The van der Waals surface area contributed by atoms with Crippen LogP contribution in [0.25, 0.3) is 16.7 Å². The van der Waals surface area contributed by atoms with E-state index in [1.54, 1.807) is 22.8 Å². The van der Waals surface area contributed by atoms with Gasteiger partial charge in [-0.15, -0.1) is 0 Å². The number of halogens is 3. The smallest absolute Gasteiger partial charge is 0.182 e. The van der Waals surface area contributed by atoms with Crippen LogP contribution in [0.3, 0.4) is 0 Å². The molecular formula is C14H6BrCl2N3S. The van der Waals surface area contributed by atoms with Gasteiger partial charge >= 0.3 is 0 Å². The minimum Gasteiger partial charge on any atom is -0.330 e. The average molecular weight is 399 g/mol. The predicted octanol–water partition coefficient (Wildman–Crippen LogP) is 5.63. The predicted molar refractivity (Wildman–Crippen MR) is 90.9 cm³/mol. The third-order valence-electron chi connectivity index (χ3n) is 3.05. The van der Waals surface area contributed by atoms with Crippen molar-refractivity contribution in [3.8, 4) is 11.8 Å². The molecular weight excluding hydrogens is 393 g/mol. The topological polar surface area (TPSA) is 44.5 Å². The molecule has 0 aliphatic rings. The number of H-pyrrole nitrogens is 1. The Morgan fingerprint density at radius 3 is 2.62 bits per heavy atom. The summed E-state index contributed by atoms with van der Waals surface area (Å²) in [5.74, 6) is 0. The lowest BCUT2D eigenvalue weighted by molar-refractivity contribution is 1.06. The van der Waals surface area contributed by atoms with Gasteiger partial charge in [-0.25, -0.2) is 0 Å². The highest BCUT2D eigenvalue weighted by atomic mass is 79.9. The van der Waals surface area contributed by atoms with Crippen LogP contribution in [0.2, 0.25) is 10.0 Å². The zero-order valence-corrected chi connectivity index (χ0v) is 14.2. The molecule has 0 aliphatic heterocycles. The Morgan fingerprint density at radius 2 is 1.90 bits per heavy atom. The first-order chi connectivity index (χ1) is 10.0. The molecule has 0 bridgehead atoms. The molecule has 0 saturated heterocycles. The highest BCUT2D eigenvalue weighted by Gasteiger charge is 2.13. The number of nitrogens with zero attached hydrogens (tertiary/aromatic N) is 2. The van der Waals surface area contributed by atoms with Gasteiger partial charge in [-0.1, -0.05) is 39.1 Å². The summed E-state index contributed by atoms with van der Waals surface area (Å²) in [6.07, 6.45) is 0. The van der Waals surface area contributed by atoms with Crippen LogP contribution in [0.4, 0.5) is 0 Å². The number of aromatic nitrogens is 2. The molecule has 0 unspecified atom stereocenters. The lowest BCUT2D eigenvalue weighted by Crippen LogP contribution is -1.97. The van der Waals surface area contributed by atoms with Crippen LogP contribution in [-0.4, -0.2) is 9.55 Å². The highest BCUT2D eigenvalue weighted by Crippen LogP contribution is 2.30. The number of rotatable bonds is 1. The molecule has 0 amide bonds. The van der Waals surface area contributed by atoms with Crippen molar-refractivity contribution in [2.75, 3.05) is 0 Å². The van der Waals surface area contributed by atoms with E-state index in [1.165, 1.54) is 0 Å². The molecule has 0 saturated carbocycles. The zero-order valence-electron chi connectivity index (χ0n) is 10.3. The minimum absolute atomic E-state index is 0.431. The molecule has 7 heteroatoms. The molecule has 3 rings (SSSR count). The summed E-state index contributed by atoms with van der Waals surface area (Å²) >= 11 is 20.9. The number of nitriles is 1. The molecule has 0 spiro atoms. The average Bonchev–Trinajstić information content (AvgIpc) is 2.74. The van der Waals surface area contributed by atoms with Gasteiger partial charge in [-0.3, -0.25) is 4.57 Å². The molecule has 3 aromatic rings. The lowest BCUT2D eigenvalue weighted by Gasteiger charge is -2.08. The number of benzene rings is 2. The Labute approximate surface area is 143 Å². The number of imidazole rings is 1. The Balaban J connectivity index is 2.44. The molecule has 1 aromatic heterocycles. The first-order valence-corrected chi connectivity index (χ1v) is 7.77. The van der Waals surface area contributed by atoms with Gasteiger partial charge in [0.25, 0.3) is 0 Å². The first kappa shape index (κ1) is 14.6. The van der Waals surface area contributed by atoms with Crippen molar-refractivity contribution in [3.05, 3.63) is 55.2 Å². The summed E-state index contributed by atoms with van der Waals surface area (Å²) in [6, 6.07) is 11.0. The summed E-state index contributed by atoms with van der Waals surface area (Å²) in [5, 5.41) is 10.2. The molecule has 2 aromatic carbocycles. The van der Waals surface area contributed by atoms with E-state index in [0.717, 1.165) is 15.5 Å². The summed E-state index contributed by atoms with van der Waals surface area (Å²) in [4.78, 5) is 3.07. The van der Waals surface area contributed by atoms with Crippen LogP contribution in [0.5, 0.6) is 0 Å². The van der Waals surface area contributed by atoms with Gasteiger partial charge in [-0.2, -0.15) is 5.26 Å². The van der Waals surface area contributed by atoms with Gasteiger partial charge < -0.3 is 4.98 Å². The second-order valence-electron chi connectivity index (χ2n) is 4.32. The van der Waals surface area contributed by atoms with Crippen molar-refractivity contribution in [2.45, 2.75) is 0 Å². The van der Waals surface area contributed by atoms with Crippen molar-refractivity contribution < 1.29 is 0 Å². The first-order valence-electron chi connectivity index (χ1n) is 5.81. The van der Waals surface area contributed by atoms with Crippen LogP contribution >= 0.6 is 51.3 Å². The maximum atomic E-state index is 9.30. The maximum Gasteiger partial charge on any atom is 0.182 e. The second kappa shape index (κ2) is 5.47. The lowest BCUT2D eigenvalue weighted by atomic mass is 10.2. The van der Waals surface area contributed by atoms with Gasteiger partial charge in [0, 0.05) is 4.47 Å². The van der Waals surface area contributed by atoms with E-state index < -0.39 is 0 Å². The van der Waals surface area contributed by atoms with Gasteiger partial charge in [0.2, 0.25) is 0 Å². The molecule has 3 nitrogen and oxygen atoms in total. The van der Waals surface area contributed by atoms with Crippen LogP contribution in [0, 0.1) is 16.1 Å². The quantitative estimate of drug-likeness (QED) is 0.540. The van der Waals surface area contributed by atoms with Crippen LogP contribution in [0.15, 0.2) is 34.8 Å². The molecule has 104 valence electrons. The summed E-state index contributed by atoms with van der Waals surface area (Å²) in [5.41, 5.74) is 2.73. The van der Waals surface area contributed by atoms with E-state index in [0.29, 0.717) is 26.1 Å². The molecule has 1 N–H and O–H groups in total. The van der Waals surface area contributed by atoms with Gasteiger partial charge in [-0.05, 0) is 42.5 Å². The summed E-state index contributed by atoms with van der Waals surface area (Å²) in [6.45, 7) is 0. The van der Waals surface area contributed by atoms with E-state index >= 15 is 0 Å². The fourth-order valence-corrected chi connectivity index (χ4v) is 3.10.